The summed E-state index contributed by atoms with van der Waals surface area (Å²) < 4.78 is 6.98. The van der Waals surface area contributed by atoms with E-state index >= 15 is 0 Å². The second-order valence-corrected chi connectivity index (χ2v) is 6.82. The van der Waals surface area contributed by atoms with Crippen molar-refractivity contribution < 1.29 is 9.32 Å². The first-order chi connectivity index (χ1) is 14.0. The lowest BCUT2D eigenvalue weighted by molar-refractivity contribution is 0.0952. The topological polar surface area (TPSA) is 90.0 Å². The molecule has 1 N–H and O–H groups in total. The maximum atomic E-state index is 12.6. The van der Waals surface area contributed by atoms with Crippen molar-refractivity contribution in [1.82, 2.24) is 20.0 Å². The second kappa shape index (κ2) is 7.71. The third kappa shape index (κ3) is 3.67. The lowest BCUT2D eigenvalue weighted by Crippen LogP contribution is -2.32. The molecule has 2 aromatic heterocycles. The van der Waals surface area contributed by atoms with Crippen molar-refractivity contribution >= 4 is 16.8 Å². The van der Waals surface area contributed by atoms with E-state index in [1.807, 2.05) is 30.3 Å². The van der Waals surface area contributed by atoms with E-state index in [0.717, 1.165) is 10.9 Å². The van der Waals surface area contributed by atoms with Gasteiger partial charge in [0.15, 0.2) is 5.76 Å². The molecule has 0 bridgehead atoms. The van der Waals surface area contributed by atoms with Gasteiger partial charge in [-0.05, 0) is 32.0 Å². The number of carbonyl (C=O) groups excluding carboxylic acids is 1. The lowest BCUT2D eigenvalue weighted by Gasteiger charge is -2.09. The Bertz CT molecular complexity index is 1240. The standard InChI is InChI=1S/C22H20N4O3/c1-14-15(2)24-13-26(22(14)28)11-10-23-21(27)17-8-9-19-18(12-17)20(29-25-19)16-6-4-3-5-7-16/h3-9,12-13H,10-11H2,1-2H3,(H,23,27). The van der Waals surface area contributed by atoms with Gasteiger partial charge in [0.05, 0.1) is 11.7 Å². The van der Waals surface area contributed by atoms with Crippen LogP contribution in [0.3, 0.4) is 0 Å². The van der Waals surface area contributed by atoms with Crippen LogP contribution < -0.4 is 10.9 Å². The van der Waals surface area contributed by atoms with Gasteiger partial charge in [0.2, 0.25) is 0 Å². The summed E-state index contributed by atoms with van der Waals surface area (Å²) in [5.41, 5.74) is 3.33. The van der Waals surface area contributed by atoms with Crippen molar-refractivity contribution in [3.05, 3.63) is 82.0 Å². The first-order valence-corrected chi connectivity index (χ1v) is 9.30. The number of aryl methyl sites for hydroxylation is 1. The fraction of sp³-hybridized carbons (Fsp3) is 0.182. The number of hydrogen-bond donors (Lipinski definition) is 1. The zero-order valence-corrected chi connectivity index (χ0v) is 16.2. The molecule has 7 heteroatoms. The van der Waals surface area contributed by atoms with Crippen LogP contribution in [0.4, 0.5) is 0 Å². The summed E-state index contributed by atoms with van der Waals surface area (Å²) >= 11 is 0. The van der Waals surface area contributed by atoms with E-state index in [0.29, 0.717) is 41.2 Å². The van der Waals surface area contributed by atoms with Gasteiger partial charge in [-0.15, -0.1) is 0 Å². The average molecular weight is 388 g/mol. The maximum Gasteiger partial charge on any atom is 0.256 e. The zero-order valence-electron chi connectivity index (χ0n) is 16.2. The fourth-order valence-electron chi connectivity index (χ4n) is 3.11. The van der Waals surface area contributed by atoms with E-state index in [-0.39, 0.29) is 11.5 Å². The van der Waals surface area contributed by atoms with Crippen molar-refractivity contribution in [3.63, 3.8) is 0 Å². The molecule has 0 radical (unpaired) electrons. The van der Waals surface area contributed by atoms with Gasteiger partial charge >= 0.3 is 0 Å². The molecule has 0 aliphatic rings. The number of benzene rings is 2. The first kappa shape index (κ1) is 18.6. The Morgan fingerprint density at radius 2 is 1.93 bits per heavy atom. The van der Waals surface area contributed by atoms with Gasteiger partial charge < -0.3 is 9.84 Å². The largest absolute Gasteiger partial charge is 0.355 e. The van der Waals surface area contributed by atoms with E-state index in [1.54, 1.807) is 32.0 Å². The molecule has 0 unspecified atom stereocenters. The number of amides is 1. The minimum atomic E-state index is -0.225. The monoisotopic (exact) mass is 388 g/mol. The Labute approximate surface area is 167 Å². The zero-order chi connectivity index (χ0) is 20.4. The molecule has 0 saturated heterocycles. The van der Waals surface area contributed by atoms with Gasteiger partial charge in [0.25, 0.3) is 11.5 Å². The second-order valence-electron chi connectivity index (χ2n) is 6.82. The van der Waals surface area contributed by atoms with E-state index in [4.69, 9.17) is 4.52 Å². The number of nitrogens with zero attached hydrogens (tertiary/aromatic N) is 3. The highest BCUT2D eigenvalue weighted by molar-refractivity contribution is 6.00. The van der Waals surface area contributed by atoms with Crippen LogP contribution in [0.2, 0.25) is 0 Å². The van der Waals surface area contributed by atoms with E-state index in [1.165, 1.54) is 10.9 Å². The van der Waals surface area contributed by atoms with Crippen molar-refractivity contribution in [2.24, 2.45) is 0 Å². The van der Waals surface area contributed by atoms with Crippen LogP contribution in [0.15, 0.2) is 64.2 Å². The van der Waals surface area contributed by atoms with Crippen LogP contribution in [0.5, 0.6) is 0 Å². The minimum Gasteiger partial charge on any atom is -0.355 e. The number of rotatable bonds is 5. The molecule has 0 spiro atoms. The number of fused-ring (bicyclic) bond motifs is 1. The van der Waals surface area contributed by atoms with E-state index in [9.17, 15) is 9.59 Å². The molecule has 0 aliphatic heterocycles. The smallest absolute Gasteiger partial charge is 0.256 e. The van der Waals surface area contributed by atoms with E-state index in [2.05, 4.69) is 15.5 Å². The van der Waals surface area contributed by atoms with Gasteiger partial charge in [-0.3, -0.25) is 14.2 Å². The highest BCUT2D eigenvalue weighted by atomic mass is 16.5. The lowest BCUT2D eigenvalue weighted by atomic mass is 10.1. The van der Waals surface area contributed by atoms with Crippen LogP contribution in [0.1, 0.15) is 21.6 Å². The van der Waals surface area contributed by atoms with Gasteiger partial charge in [-0.25, -0.2) is 4.98 Å². The molecule has 4 aromatic rings. The molecule has 2 aromatic carbocycles. The summed E-state index contributed by atoms with van der Waals surface area (Å²) in [6.45, 7) is 4.21. The Hall–Kier alpha value is -3.74. The van der Waals surface area contributed by atoms with Gasteiger partial charge in [0, 0.05) is 35.5 Å². The molecular weight excluding hydrogens is 368 g/mol. The van der Waals surface area contributed by atoms with Gasteiger partial charge in [-0.1, -0.05) is 35.5 Å². The minimum absolute atomic E-state index is 0.0925. The van der Waals surface area contributed by atoms with Crippen LogP contribution >= 0.6 is 0 Å². The third-order valence-electron chi connectivity index (χ3n) is 4.93. The maximum absolute atomic E-state index is 12.6. The van der Waals surface area contributed by atoms with Crippen molar-refractivity contribution in [2.75, 3.05) is 6.54 Å². The van der Waals surface area contributed by atoms with Gasteiger partial charge in [-0.2, -0.15) is 0 Å². The molecular formula is C22H20N4O3. The average Bonchev–Trinajstić information content (AvgIpc) is 3.17. The summed E-state index contributed by atoms with van der Waals surface area (Å²) in [6, 6.07) is 14.9. The Morgan fingerprint density at radius 3 is 2.72 bits per heavy atom. The SMILES string of the molecule is Cc1ncn(CCNC(=O)c2ccc3noc(-c4ccccc4)c3c2)c(=O)c1C. The number of carbonyl (C=O) groups is 1. The van der Waals surface area contributed by atoms with Gasteiger partial charge in [0.1, 0.15) is 5.52 Å². The Balaban J connectivity index is 1.50. The highest BCUT2D eigenvalue weighted by Crippen LogP contribution is 2.29. The molecule has 29 heavy (non-hydrogen) atoms. The molecule has 0 saturated carbocycles. The van der Waals surface area contributed by atoms with Crippen molar-refractivity contribution in [2.45, 2.75) is 20.4 Å². The first-order valence-electron chi connectivity index (χ1n) is 9.30. The summed E-state index contributed by atoms with van der Waals surface area (Å²) in [5, 5.41) is 7.69. The summed E-state index contributed by atoms with van der Waals surface area (Å²) in [7, 11) is 0. The van der Waals surface area contributed by atoms with Crippen LogP contribution in [-0.4, -0.2) is 27.2 Å². The fourth-order valence-corrected chi connectivity index (χ4v) is 3.11. The molecule has 0 fully saturated rings. The Morgan fingerprint density at radius 1 is 1.14 bits per heavy atom. The van der Waals surface area contributed by atoms with Crippen LogP contribution in [0.25, 0.3) is 22.2 Å². The van der Waals surface area contributed by atoms with Crippen LogP contribution in [0, 0.1) is 13.8 Å². The number of aromatic nitrogens is 3. The van der Waals surface area contributed by atoms with Crippen LogP contribution in [-0.2, 0) is 6.54 Å². The highest BCUT2D eigenvalue weighted by Gasteiger charge is 2.14. The van der Waals surface area contributed by atoms with Crippen molar-refractivity contribution in [3.8, 4) is 11.3 Å². The molecule has 4 rings (SSSR count). The van der Waals surface area contributed by atoms with Crippen molar-refractivity contribution in [1.29, 1.82) is 0 Å². The molecule has 146 valence electrons. The summed E-state index contributed by atoms with van der Waals surface area (Å²) in [6.07, 6.45) is 1.51. The predicted octanol–water partition coefficient (Wildman–Crippen LogP) is 3.10. The summed E-state index contributed by atoms with van der Waals surface area (Å²) in [5.74, 6) is 0.403. The predicted molar refractivity (Wildman–Crippen MR) is 110 cm³/mol. The van der Waals surface area contributed by atoms with E-state index < -0.39 is 0 Å². The molecule has 1 amide bonds. The molecule has 7 nitrogen and oxygen atoms in total. The third-order valence-corrected chi connectivity index (χ3v) is 4.93. The summed E-state index contributed by atoms with van der Waals surface area (Å²) in [4.78, 5) is 29.0. The molecule has 2 heterocycles. The number of nitrogens with one attached hydrogen (secondary N) is 1. The molecule has 0 aliphatic carbocycles. The molecule has 0 atom stereocenters. The Kier molecular flexibility index (Phi) is 4.95. The quantitative estimate of drug-likeness (QED) is 0.567. The number of hydrogen-bond acceptors (Lipinski definition) is 5. The normalized spacial score (nSPS) is 11.0.